The van der Waals surface area contributed by atoms with Crippen LogP contribution in [0.15, 0.2) is 6.07 Å². The Kier molecular flexibility index (Phi) is 6.00. The molecule has 0 bridgehead atoms. The van der Waals surface area contributed by atoms with E-state index in [-0.39, 0.29) is 16.2 Å². The molecule has 15 heteroatoms. The topological polar surface area (TPSA) is 138 Å². The quantitative estimate of drug-likeness (QED) is 0.0398. The Morgan fingerprint density at radius 3 is 1.70 bits per heavy atom. The van der Waals surface area contributed by atoms with Crippen LogP contribution in [0, 0.1) is 83.2 Å². The Hall–Kier alpha value is -5.83. The molecule has 44 heavy (non-hydrogen) atoms. The molecule has 4 N–H and O–H groups in total. The molecule has 0 aliphatic carbocycles. The van der Waals surface area contributed by atoms with Crippen molar-refractivity contribution in [2.24, 2.45) is 0 Å². The molecule has 0 radical (unpaired) electrons. The number of nitrogens with zero attached hydrogens (tertiary/aromatic N) is 5. The molecular formula is C29H11F8N7. The summed E-state index contributed by atoms with van der Waals surface area (Å²) in [6.07, 6.45) is 0. The van der Waals surface area contributed by atoms with Gasteiger partial charge in [-0.2, -0.15) is 14.9 Å². The van der Waals surface area contributed by atoms with Crippen LogP contribution in [0.1, 0.15) is 22.3 Å². The molecular weight excluding hydrogens is 598 g/mol. The third-order valence-electron chi connectivity index (χ3n) is 7.43. The monoisotopic (exact) mass is 609 g/mol. The lowest BCUT2D eigenvalue weighted by Gasteiger charge is -2.18. The smallest absolute Gasteiger partial charge is 0.249 e. The van der Waals surface area contributed by atoms with E-state index in [1.54, 1.807) is 12.1 Å². The first kappa shape index (κ1) is 28.3. The zero-order chi connectivity index (χ0) is 32.1. The van der Waals surface area contributed by atoms with E-state index in [9.17, 15) is 32.5 Å². The van der Waals surface area contributed by atoms with Crippen molar-refractivity contribution in [3.05, 3.63) is 75.0 Å². The second-order valence-corrected chi connectivity index (χ2v) is 9.71. The Labute approximate surface area is 239 Å². The Balaban J connectivity index is 1.92. The van der Waals surface area contributed by atoms with Gasteiger partial charge in [-0.15, -0.1) is 0 Å². The first-order valence-corrected chi connectivity index (χ1v) is 12.2. The Morgan fingerprint density at radius 1 is 0.568 bits per heavy atom. The average Bonchev–Trinajstić information content (AvgIpc) is 3.00. The molecule has 4 aromatic carbocycles. The molecule has 0 atom stereocenters. The minimum absolute atomic E-state index is 0.274. The summed E-state index contributed by atoms with van der Waals surface area (Å²) in [5.41, 5.74) is 3.05. The van der Waals surface area contributed by atoms with Crippen molar-refractivity contribution in [1.82, 2.24) is 15.0 Å². The molecule has 2 heterocycles. The molecule has 0 saturated carbocycles. The first-order chi connectivity index (χ1) is 20.8. The van der Waals surface area contributed by atoms with E-state index in [1.165, 1.54) is 0 Å². The SMILES string of the molecule is Cc1c(F)c(F)c(F)c(-c2c(C)c(F)c3nc4c(nc3c2F)c2cc(F)c(F)nc2c2c(N)c(C#N)c(C#N)c(N)c42)c1F. The zero-order valence-corrected chi connectivity index (χ0v) is 22.0. The number of anilines is 2. The molecule has 0 unspecified atom stereocenters. The van der Waals surface area contributed by atoms with Crippen LogP contribution in [0.5, 0.6) is 0 Å². The van der Waals surface area contributed by atoms with Gasteiger partial charge in [-0.25, -0.2) is 45.7 Å². The number of halogens is 8. The fourth-order valence-electron chi connectivity index (χ4n) is 5.29. The van der Waals surface area contributed by atoms with Crippen LogP contribution in [0.4, 0.5) is 46.5 Å². The molecule has 0 fully saturated rings. The second kappa shape index (κ2) is 9.34. The van der Waals surface area contributed by atoms with Gasteiger partial charge >= 0.3 is 0 Å². The van der Waals surface area contributed by atoms with Gasteiger partial charge in [0.2, 0.25) is 5.95 Å². The van der Waals surface area contributed by atoms with Crippen molar-refractivity contribution in [2.75, 3.05) is 11.5 Å². The molecule has 0 saturated heterocycles. The highest BCUT2D eigenvalue weighted by Crippen LogP contribution is 2.44. The van der Waals surface area contributed by atoms with Crippen LogP contribution in [0.3, 0.4) is 0 Å². The number of rotatable bonds is 1. The number of hydrogen-bond acceptors (Lipinski definition) is 7. The van der Waals surface area contributed by atoms with Gasteiger partial charge in [-0.05, 0) is 25.5 Å². The third-order valence-corrected chi connectivity index (χ3v) is 7.43. The van der Waals surface area contributed by atoms with E-state index in [4.69, 9.17) is 11.5 Å². The van der Waals surface area contributed by atoms with Crippen LogP contribution in [-0.2, 0) is 0 Å². The summed E-state index contributed by atoms with van der Waals surface area (Å²) in [6, 6.07) is 3.99. The summed E-state index contributed by atoms with van der Waals surface area (Å²) >= 11 is 0. The molecule has 0 spiro atoms. The van der Waals surface area contributed by atoms with E-state index in [2.05, 4.69) is 15.0 Å². The van der Waals surface area contributed by atoms with Crippen molar-refractivity contribution in [3.63, 3.8) is 0 Å². The summed E-state index contributed by atoms with van der Waals surface area (Å²) in [5.74, 6) is -14.0. The molecule has 6 aromatic rings. The van der Waals surface area contributed by atoms with E-state index < -0.39 is 119 Å². The maximum atomic E-state index is 16.2. The van der Waals surface area contributed by atoms with Gasteiger partial charge in [0.15, 0.2) is 34.9 Å². The largest absolute Gasteiger partial charge is 0.397 e. The van der Waals surface area contributed by atoms with Crippen LogP contribution in [-0.4, -0.2) is 15.0 Å². The molecule has 0 aliphatic heterocycles. The van der Waals surface area contributed by atoms with E-state index in [0.717, 1.165) is 13.8 Å². The second-order valence-electron chi connectivity index (χ2n) is 9.71. The van der Waals surface area contributed by atoms with Gasteiger partial charge in [0, 0.05) is 27.3 Å². The van der Waals surface area contributed by atoms with Crippen LogP contribution in [0.25, 0.3) is 54.9 Å². The lowest BCUT2D eigenvalue weighted by atomic mass is 9.93. The van der Waals surface area contributed by atoms with E-state index >= 15 is 13.2 Å². The molecule has 6 rings (SSSR count). The maximum Gasteiger partial charge on any atom is 0.249 e. The fourth-order valence-corrected chi connectivity index (χ4v) is 5.29. The summed E-state index contributed by atoms with van der Waals surface area (Å²) in [5, 5.41) is 18.4. The number of benzene rings is 4. The van der Waals surface area contributed by atoms with Crippen molar-refractivity contribution < 1.29 is 35.1 Å². The van der Waals surface area contributed by atoms with Crippen molar-refractivity contribution >= 4 is 55.1 Å². The molecule has 218 valence electrons. The number of aromatic nitrogens is 3. The first-order valence-electron chi connectivity index (χ1n) is 12.2. The summed E-state index contributed by atoms with van der Waals surface area (Å²) in [4.78, 5) is 11.7. The van der Waals surface area contributed by atoms with Gasteiger partial charge in [-0.1, -0.05) is 0 Å². The lowest BCUT2D eigenvalue weighted by molar-refractivity contribution is 0.431. The predicted octanol–water partition coefficient (Wildman–Crippen LogP) is 6.79. The molecule has 2 aromatic heterocycles. The summed E-state index contributed by atoms with van der Waals surface area (Å²) < 4.78 is 119. The number of hydrogen-bond donors (Lipinski definition) is 2. The van der Waals surface area contributed by atoms with Crippen molar-refractivity contribution in [1.29, 1.82) is 10.5 Å². The minimum Gasteiger partial charge on any atom is -0.397 e. The number of fused-ring (bicyclic) bond motifs is 7. The fraction of sp³-hybridized carbons (Fsp3) is 0.0690. The highest BCUT2D eigenvalue weighted by Gasteiger charge is 2.31. The number of nitrogen functional groups attached to an aromatic ring is 2. The summed E-state index contributed by atoms with van der Waals surface area (Å²) in [7, 11) is 0. The molecule has 0 aliphatic rings. The van der Waals surface area contributed by atoms with Crippen molar-refractivity contribution in [2.45, 2.75) is 13.8 Å². The standard InChI is InChI=1S/C29H11F8N7/c1-6-12(13-16(31)7(2)17(32)21(36)19(13)34)20(35)28-27(18(6)33)43-26-15-14(22(40)9(4-38)10(5-39)23(15)41)24-8(25(26)42-28)3-11(30)29(37)44-24/h3H,40-41H2,1-2H3. The normalized spacial score (nSPS) is 11.5. The van der Waals surface area contributed by atoms with Gasteiger partial charge in [-0.3, -0.25) is 0 Å². The summed E-state index contributed by atoms with van der Waals surface area (Å²) in [6.45, 7) is 1.66. The number of nitrogens with two attached hydrogens (primary N) is 2. The highest BCUT2D eigenvalue weighted by molar-refractivity contribution is 6.29. The van der Waals surface area contributed by atoms with Gasteiger partial charge < -0.3 is 11.5 Å². The Morgan fingerprint density at radius 2 is 1.11 bits per heavy atom. The highest BCUT2D eigenvalue weighted by atomic mass is 19.2. The van der Waals surface area contributed by atoms with Gasteiger partial charge in [0.25, 0.3) is 0 Å². The molecule has 0 amide bonds. The maximum absolute atomic E-state index is 16.2. The average molecular weight is 609 g/mol. The molecule has 7 nitrogen and oxygen atoms in total. The Bertz CT molecular complexity index is 2420. The van der Waals surface area contributed by atoms with Crippen LogP contribution in [0.2, 0.25) is 0 Å². The third kappa shape index (κ3) is 3.43. The lowest BCUT2D eigenvalue weighted by Crippen LogP contribution is -2.08. The van der Waals surface area contributed by atoms with E-state index in [1.807, 2.05) is 0 Å². The minimum atomic E-state index is -2.14. The van der Waals surface area contributed by atoms with Gasteiger partial charge in [0.1, 0.15) is 34.5 Å². The van der Waals surface area contributed by atoms with Crippen LogP contribution < -0.4 is 11.5 Å². The zero-order valence-electron chi connectivity index (χ0n) is 22.0. The van der Waals surface area contributed by atoms with E-state index in [0.29, 0.717) is 6.07 Å². The van der Waals surface area contributed by atoms with Crippen LogP contribution >= 0.6 is 0 Å². The van der Waals surface area contributed by atoms with Gasteiger partial charge in [0.05, 0.1) is 39.1 Å². The predicted molar refractivity (Wildman–Crippen MR) is 143 cm³/mol. The number of nitriles is 2. The van der Waals surface area contributed by atoms with Crippen molar-refractivity contribution in [3.8, 4) is 23.3 Å². The number of pyridine rings is 1.